The Morgan fingerprint density at radius 1 is 0.714 bits per heavy atom. The van der Waals surface area contributed by atoms with Crippen LogP contribution in [-0.2, 0) is 20.9 Å². The average molecular weight is 675 g/mol. The highest BCUT2D eigenvalue weighted by Gasteiger charge is 2.44. The minimum atomic E-state index is -3.97. The minimum Gasteiger partial charge on any atom is -0.364 e. The predicted octanol–water partition coefficient (Wildman–Crippen LogP) is 10.3. The third-order valence-electron chi connectivity index (χ3n) is 10.5. The van der Waals surface area contributed by atoms with Gasteiger partial charge in [0, 0.05) is 41.0 Å². The van der Waals surface area contributed by atoms with Gasteiger partial charge in [0.1, 0.15) is 0 Å². The van der Waals surface area contributed by atoms with E-state index in [2.05, 4.69) is 160 Å². The zero-order valence-corrected chi connectivity index (χ0v) is 30.4. The van der Waals surface area contributed by atoms with Crippen LogP contribution in [0, 0.1) is 0 Å². The maximum absolute atomic E-state index is 11.4. The highest BCUT2D eigenvalue weighted by Crippen LogP contribution is 2.51. The number of unbranched alkanes of at least 4 members (excludes halogenated alkanes) is 2. The summed E-state index contributed by atoms with van der Waals surface area (Å²) in [4.78, 5) is 4.93. The SMILES string of the molecule is CCCCN1c2ccc3ccccc3c2C(C)(C)C1/C=C/C=C/C=C/C=C1\N(CCCCS(=O)(=O)O)c2ccc3ccccc3c2C1(C)C. The molecule has 0 saturated heterocycles. The number of hydrogen-bond acceptors (Lipinski definition) is 4. The second-order valence-corrected chi connectivity index (χ2v) is 16.1. The van der Waals surface area contributed by atoms with Crippen LogP contribution >= 0.6 is 0 Å². The number of benzene rings is 4. The predicted molar refractivity (Wildman–Crippen MR) is 208 cm³/mol. The number of rotatable bonds is 12. The molecule has 1 atom stereocenters. The Hall–Kier alpha value is -4.13. The Balaban J connectivity index is 1.23. The van der Waals surface area contributed by atoms with Gasteiger partial charge in [-0.3, -0.25) is 4.55 Å². The molecule has 0 amide bonds. The first-order valence-electron chi connectivity index (χ1n) is 17.7. The third-order valence-corrected chi connectivity index (χ3v) is 11.3. The standard InChI is InChI=1S/C43H50N2O3S/c1-6-7-29-44-36-27-25-32-19-13-15-21-34(32)40(36)42(2,3)38(44)23-11-9-8-10-12-24-39-43(4,5)41-35-22-16-14-20-33(35)26-28-37(41)45(39)30-17-18-31-49(46,47)48/h8-16,19-28,38H,6-7,17-18,29-31H2,1-5H3,(H,46,47,48)/b9-8+,12-10+,23-11+,39-24-. The fraction of sp³-hybridized carbons (Fsp3) is 0.349. The van der Waals surface area contributed by atoms with Gasteiger partial charge in [0.25, 0.3) is 10.1 Å². The molecule has 1 N–H and O–H groups in total. The van der Waals surface area contributed by atoms with E-state index in [0.717, 1.165) is 25.1 Å². The number of allylic oxidation sites excluding steroid dienone is 7. The van der Waals surface area contributed by atoms with Crippen molar-refractivity contribution in [3.63, 3.8) is 0 Å². The van der Waals surface area contributed by atoms with Crippen LogP contribution in [0.1, 0.15) is 71.4 Å². The molecule has 49 heavy (non-hydrogen) atoms. The molecule has 256 valence electrons. The van der Waals surface area contributed by atoms with Gasteiger partial charge in [-0.1, -0.05) is 138 Å². The fourth-order valence-corrected chi connectivity index (χ4v) is 8.70. The summed E-state index contributed by atoms with van der Waals surface area (Å²) in [6, 6.07) is 26.5. The molecule has 0 saturated carbocycles. The molecule has 0 fully saturated rings. The van der Waals surface area contributed by atoms with Crippen LogP contribution in [0.5, 0.6) is 0 Å². The maximum Gasteiger partial charge on any atom is 0.264 e. The van der Waals surface area contributed by atoms with E-state index in [1.807, 2.05) is 0 Å². The summed E-state index contributed by atoms with van der Waals surface area (Å²) in [6.45, 7) is 13.3. The van der Waals surface area contributed by atoms with E-state index in [0.29, 0.717) is 19.4 Å². The van der Waals surface area contributed by atoms with E-state index in [-0.39, 0.29) is 22.6 Å². The summed E-state index contributed by atoms with van der Waals surface area (Å²) in [5.74, 6) is -0.219. The number of anilines is 2. The van der Waals surface area contributed by atoms with E-state index >= 15 is 0 Å². The molecule has 4 aromatic carbocycles. The third kappa shape index (κ3) is 6.86. The van der Waals surface area contributed by atoms with Gasteiger partial charge in [0.15, 0.2) is 0 Å². The van der Waals surface area contributed by atoms with Crippen molar-refractivity contribution < 1.29 is 13.0 Å². The van der Waals surface area contributed by atoms with Crippen molar-refractivity contribution in [2.45, 2.75) is 77.2 Å². The first-order valence-corrected chi connectivity index (χ1v) is 19.3. The normalized spacial score (nSPS) is 19.4. The highest BCUT2D eigenvalue weighted by atomic mass is 32.2. The lowest BCUT2D eigenvalue weighted by atomic mass is 9.78. The van der Waals surface area contributed by atoms with Crippen LogP contribution in [0.3, 0.4) is 0 Å². The quantitative estimate of drug-likeness (QED) is 0.0921. The number of hydrogen-bond donors (Lipinski definition) is 1. The highest BCUT2D eigenvalue weighted by molar-refractivity contribution is 7.85. The smallest absolute Gasteiger partial charge is 0.264 e. The lowest BCUT2D eigenvalue weighted by molar-refractivity contribution is 0.473. The molecular weight excluding hydrogens is 625 g/mol. The van der Waals surface area contributed by atoms with Crippen LogP contribution in [-0.4, -0.2) is 37.9 Å². The molecule has 4 aromatic rings. The summed E-state index contributed by atoms with van der Waals surface area (Å²) in [7, 11) is -3.97. The first kappa shape index (κ1) is 34.7. The van der Waals surface area contributed by atoms with Crippen LogP contribution in [0.2, 0.25) is 0 Å². The van der Waals surface area contributed by atoms with Crippen LogP contribution in [0.15, 0.2) is 121 Å². The fourth-order valence-electron chi connectivity index (χ4n) is 8.14. The maximum atomic E-state index is 11.4. The van der Waals surface area contributed by atoms with Crippen molar-refractivity contribution in [3.05, 3.63) is 132 Å². The topological polar surface area (TPSA) is 60.9 Å². The van der Waals surface area contributed by atoms with Crippen molar-refractivity contribution in [2.75, 3.05) is 28.6 Å². The van der Waals surface area contributed by atoms with Gasteiger partial charge in [-0.25, -0.2) is 0 Å². The molecule has 0 radical (unpaired) electrons. The second kappa shape index (κ2) is 14.0. The van der Waals surface area contributed by atoms with E-state index in [1.54, 1.807) is 0 Å². The van der Waals surface area contributed by atoms with Gasteiger partial charge in [-0.2, -0.15) is 8.42 Å². The Morgan fingerprint density at radius 2 is 1.33 bits per heavy atom. The van der Waals surface area contributed by atoms with Crippen LogP contribution in [0.25, 0.3) is 21.5 Å². The molecule has 6 rings (SSSR count). The second-order valence-electron chi connectivity index (χ2n) is 14.6. The molecule has 1 unspecified atom stereocenters. The summed E-state index contributed by atoms with van der Waals surface area (Å²) >= 11 is 0. The average Bonchev–Trinajstić information content (AvgIpc) is 3.43. The molecular formula is C43H50N2O3S. The van der Waals surface area contributed by atoms with Crippen LogP contribution < -0.4 is 9.80 Å². The van der Waals surface area contributed by atoms with Crippen molar-refractivity contribution in [3.8, 4) is 0 Å². The lowest BCUT2D eigenvalue weighted by Gasteiger charge is -2.32. The van der Waals surface area contributed by atoms with Gasteiger partial charge in [0.05, 0.1) is 11.8 Å². The minimum absolute atomic E-state index is 0.0351. The molecule has 2 heterocycles. The Morgan fingerprint density at radius 3 is 2.00 bits per heavy atom. The Bertz CT molecular complexity index is 2070. The Labute approximate surface area is 293 Å². The van der Waals surface area contributed by atoms with Crippen LogP contribution in [0.4, 0.5) is 11.4 Å². The lowest BCUT2D eigenvalue weighted by Crippen LogP contribution is -2.40. The van der Waals surface area contributed by atoms with Gasteiger partial charge < -0.3 is 9.80 Å². The van der Waals surface area contributed by atoms with Gasteiger partial charge in [0.2, 0.25) is 0 Å². The van der Waals surface area contributed by atoms with E-state index < -0.39 is 10.1 Å². The molecule has 6 heteroatoms. The molecule has 2 aliphatic rings. The van der Waals surface area contributed by atoms with E-state index in [4.69, 9.17) is 0 Å². The van der Waals surface area contributed by atoms with Crippen molar-refractivity contribution >= 4 is 43.0 Å². The van der Waals surface area contributed by atoms with Crippen molar-refractivity contribution in [1.29, 1.82) is 0 Å². The summed E-state index contributed by atoms with van der Waals surface area (Å²) in [5, 5.41) is 5.10. The molecule has 0 aromatic heterocycles. The monoisotopic (exact) mass is 674 g/mol. The molecule has 0 aliphatic carbocycles. The van der Waals surface area contributed by atoms with Crippen molar-refractivity contribution in [1.82, 2.24) is 0 Å². The molecule has 0 spiro atoms. The van der Waals surface area contributed by atoms with Gasteiger partial charge in [-0.15, -0.1) is 0 Å². The summed E-state index contributed by atoms with van der Waals surface area (Å²) in [6.07, 6.45) is 18.5. The molecule has 0 bridgehead atoms. The molecule has 2 aliphatic heterocycles. The zero-order valence-electron chi connectivity index (χ0n) is 29.6. The number of nitrogens with zero attached hydrogens (tertiary/aromatic N) is 2. The zero-order chi connectivity index (χ0) is 34.8. The summed E-state index contributed by atoms with van der Waals surface area (Å²) in [5.41, 5.74) is 6.15. The largest absolute Gasteiger partial charge is 0.364 e. The van der Waals surface area contributed by atoms with E-state index in [9.17, 15) is 13.0 Å². The van der Waals surface area contributed by atoms with E-state index in [1.165, 1.54) is 44.1 Å². The number of fused-ring (bicyclic) bond motifs is 6. The molecule has 5 nitrogen and oxygen atoms in total. The Kier molecular flexibility index (Phi) is 9.93. The van der Waals surface area contributed by atoms with Gasteiger partial charge in [-0.05, 0) is 70.1 Å². The summed E-state index contributed by atoms with van der Waals surface area (Å²) < 4.78 is 32.0. The first-order chi connectivity index (χ1) is 23.4. The van der Waals surface area contributed by atoms with Gasteiger partial charge >= 0.3 is 0 Å². The van der Waals surface area contributed by atoms with Crippen molar-refractivity contribution in [2.24, 2.45) is 0 Å².